The molecule has 12 nitrogen and oxygen atoms in total. The van der Waals surface area contributed by atoms with Crippen LogP contribution in [0.1, 0.15) is 31.2 Å². The number of aromatic amines is 1. The number of anilines is 2. The number of nitrogens with two attached hydrogens (primary N) is 2. The molecule has 0 spiro atoms. The van der Waals surface area contributed by atoms with Crippen molar-refractivity contribution in [2.45, 2.75) is 38.1 Å². The first-order valence-corrected chi connectivity index (χ1v) is 15.5. The molecular formula is C33H40ClN9O3. The third kappa shape index (κ3) is 7.52. The molecule has 2 aromatic carbocycles. The number of carbonyl (C=O) groups is 2. The van der Waals surface area contributed by atoms with Crippen molar-refractivity contribution in [2.24, 2.45) is 23.3 Å². The summed E-state index contributed by atoms with van der Waals surface area (Å²) in [6.45, 7) is 3.71. The predicted molar refractivity (Wildman–Crippen MR) is 178 cm³/mol. The molecule has 1 saturated carbocycles. The monoisotopic (exact) mass is 645 g/mol. The molecule has 242 valence electrons. The topological polar surface area (TPSA) is 169 Å². The van der Waals surface area contributed by atoms with Crippen LogP contribution in [-0.4, -0.2) is 76.3 Å². The van der Waals surface area contributed by atoms with E-state index in [0.717, 1.165) is 66.8 Å². The smallest absolute Gasteiger partial charge is 0.240 e. The Labute approximate surface area is 274 Å². The Morgan fingerprint density at radius 3 is 2.20 bits per heavy atom. The van der Waals surface area contributed by atoms with Gasteiger partial charge in [0.15, 0.2) is 0 Å². The first-order valence-electron chi connectivity index (χ1n) is 15.5. The van der Waals surface area contributed by atoms with E-state index in [4.69, 9.17) is 16.2 Å². The summed E-state index contributed by atoms with van der Waals surface area (Å²) in [6.07, 6.45) is 5.41. The molecule has 0 radical (unpaired) electrons. The Morgan fingerprint density at radius 1 is 0.935 bits per heavy atom. The van der Waals surface area contributed by atoms with Gasteiger partial charge in [-0.25, -0.2) is 4.98 Å². The number of halogens is 1. The molecule has 0 bridgehead atoms. The summed E-state index contributed by atoms with van der Waals surface area (Å²) in [5.41, 5.74) is 16.2. The van der Waals surface area contributed by atoms with Crippen LogP contribution in [0.4, 0.5) is 11.5 Å². The van der Waals surface area contributed by atoms with Gasteiger partial charge in [0.2, 0.25) is 17.6 Å². The van der Waals surface area contributed by atoms with Gasteiger partial charge in [0, 0.05) is 48.4 Å². The zero-order valence-electron chi connectivity index (χ0n) is 25.6. The normalized spacial score (nSPS) is 18.8. The van der Waals surface area contributed by atoms with Crippen LogP contribution < -0.4 is 21.3 Å². The molecule has 1 aliphatic carbocycles. The van der Waals surface area contributed by atoms with Crippen molar-refractivity contribution in [2.75, 3.05) is 42.6 Å². The van der Waals surface area contributed by atoms with E-state index < -0.39 is 11.9 Å². The van der Waals surface area contributed by atoms with Gasteiger partial charge in [-0.3, -0.25) is 14.5 Å². The SMILES string of the molecule is Cl.NC[C@H]1CC[C@H](C(=O)N(c2ccc(-c3nn[nH]n3)cc2)[C@@H](Cc2ccc(-c3ccc(N4CCOCC4)nc3)cc2)C(N)=O)CC1. The van der Waals surface area contributed by atoms with E-state index in [0.29, 0.717) is 37.2 Å². The number of morpholine rings is 1. The fourth-order valence-electron chi connectivity index (χ4n) is 6.27. The summed E-state index contributed by atoms with van der Waals surface area (Å²) in [6, 6.07) is 18.5. The van der Waals surface area contributed by atoms with Gasteiger partial charge in [-0.2, -0.15) is 5.21 Å². The fraction of sp³-hybridized carbons (Fsp3) is 0.394. The summed E-state index contributed by atoms with van der Waals surface area (Å²) in [5.74, 6) is 0.944. The van der Waals surface area contributed by atoms with Crippen LogP contribution in [0.25, 0.3) is 22.5 Å². The van der Waals surface area contributed by atoms with Crippen LogP contribution in [0.5, 0.6) is 0 Å². The van der Waals surface area contributed by atoms with E-state index in [1.807, 2.05) is 60.8 Å². The van der Waals surface area contributed by atoms with Gasteiger partial charge in [-0.05, 0) is 90.9 Å². The van der Waals surface area contributed by atoms with Crippen LogP contribution in [0.2, 0.25) is 0 Å². The lowest BCUT2D eigenvalue weighted by molar-refractivity contribution is -0.127. The number of nitrogens with one attached hydrogen (secondary N) is 1. The highest BCUT2D eigenvalue weighted by molar-refractivity contribution is 6.01. The molecule has 0 unspecified atom stereocenters. The van der Waals surface area contributed by atoms with Gasteiger partial charge in [-0.15, -0.1) is 22.6 Å². The van der Waals surface area contributed by atoms with Crippen molar-refractivity contribution in [3.63, 3.8) is 0 Å². The molecule has 2 amide bonds. The van der Waals surface area contributed by atoms with Crippen molar-refractivity contribution in [1.29, 1.82) is 0 Å². The number of H-pyrrole nitrogens is 1. The molecule has 2 fully saturated rings. The standard InChI is InChI=1S/C33H39N9O3.ClH/c34-20-23-3-7-26(8-4-23)33(44)42(28-12-9-25(10-13-28)32-37-39-40-38-32)29(31(35)43)19-22-1-5-24(6-2-22)27-11-14-30(36-21-27)41-15-17-45-18-16-41;/h1-2,5-6,9-14,21,23,26,29H,3-4,7-8,15-20,34H2,(H2,35,43)(H,37,38,39,40);1H/t23-,26-,29-;/m0./s1. The molecule has 1 atom stereocenters. The lowest BCUT2D eigenvalue weighted by Crippen LogP contribution is -2.52. The van der Waals surface area contributed by atoms with Gasteiger partial charge in [0.25, 0.3) is 0 Å². The molecule has 46 heavy (non-hydrogen) atoms. The number of amides is 2. The highest BCUT2D eigenvalue weighted by Crippen LogP contribution is 2.33. The molecule has 5 N–H and O–H groups in total. The molecule has 4 aromatic rings. The van der Waals surface area contributed by atoms with E-state index in [9.17, 15) is 9.59 Å². The minimum absolute atomic E-state index is 0. The summed E-state index contributed by atoms with van der Waals surface area (Å²) >= 11 is 0. The average Bonchev–Trinajstić information content (AvgIpc) is 3.64. The zero-order valence-corrected chi connectivity index (χ0v) is 26.4. The van der Waals surface area contributed by atoms with Gasteiger partial charge >= 0.3 is 0 Å². The summed E-state index contributed by atoms with van der Waals surface area (Å²) in [7, 11) is 0. The number of aromatic nitrogens is 5. The fourth-order valence-corrected chi connectivity index (χ4v) is 6.27. The van der Waals surface area contributed by atoms with E-state index in [1.54, 1.807) is 4.90 Å². The largest absolute Gasteiger partial charge is 0.378 e. The summed E-state index contributed by atoms with van der Waals surface area (Å²) < 4.78 is 5.45. The Hall–Kier alpha value is -4.39. The van der Waals surface area contributed by atoms with Crippen LogP contribution in [0.15, 0.2) is 66.9 Å². The summed E-state index contributed by atoms with van der Waals surface area (Å²) in [4.78, 5) is 35.7. The first-order chi connectivity index (χ1) is 22.0. The van der Waals surface area contributed by atoms with Gasteiger partial charge < -0.3 is 21.1 Å². The van der Waals surface area contributed by atoms with E-state index in [1.165, 1.54) is 0 Å². The number of tetrazole rings is 1. The number of carbonyl (C=O) groups excluding carboxylic acids is 2. The molecule has 1 saturated heterocycles. The van der Waals surface area contributed by atoms with Gasteiger partial charge in [0.1, 0.15) is 11.9 Å². The predicted octanol–water partition coefficient (Wildman–Crippen LogP) is 3.38. The maximum atomic E-state index is 14.2. The van der Waals surface area contributed by atoms with E-state index in [2.05, 4.69) is 36.6 Å². The highest BCUT2D eigenvalue weighted by Gasteiger charge is 2.36. The van der Waals surface area contributed by atoms with Gasteiger partial charge in [-0.1, -0.05) is 24.3 Å². The Balaban J connectivity index is 0.00000417. The number of nitrogens with zero attached hydrogens (tertiary/aromatic N) is 6. The second kappa shape index (κ2) is 15.3. The second-order valence-electron chi connectivity index (χ2n) is 11.8. The number of benzene rings is 2. The van der Waals surface area contributed by atoms with Crippen molar-refractivity contribution >= 4 is 35.7 Å². The number of hydrogen-bond donors (Lipinski definition) is 3. The number of pyridine rings is 1. The number of ether oxygens (including phenoxy) is 1. The average molecular weight is 646 g/mol. The van der Waals surface area contributed by atoms with Crippen LogP contribution in [0.3, 0.4) is 0 Å². The van der Waals surface area contributed by atoms with Crippen LogP contribution >= 0.6 is 12.4 Å². The van der Waals surface area contributed by atoms with Crippen molar-refractivity contribution in [1.82, 2.24) is 25.6 Å². The van der Waals surface area contributed by atoms with E-state index in [-0.39, 0.29) is 30.7 Å². The maximum Gasteiger partial charge on any atom is 0.240 e. The van der Waals surface area contributed by atoms with Crippen molar-refractivity contribution < 1.29 is 14.3 Å². The Kier molecular flexibility index (Phi) is 10.9. The minimum atomic E-state index is -0.874. The number of rotatable bonds is 10. The summed E-state index contributed by atoms with van der Waals surface area (Å²) in [5, 5.41) is 14.1. The number of primary amides is 1. The van der Waals surface area contributed by atoms with Gasteiger partial charge in [0.05, 0.1) is 13.2 Å². The number of hydrogen-bond acceptors (Lipinski definition) is 9. The maximum absolute atomic E-state index is 14.2. The molecule has 6 rings (SSSR count). The molecule has 2 aromatic heterocycles. The zero-order chi connectivity index (χ0) is 31.2. The van der Waals surface area contributed by atoms with Crippen molar-refractivity contribution in [3.8, 4) is 22.5 Å². The minimum Gasteiger partial charge on any atom is -0.378 e. The first kappa shape index (κ1) is 33.0. The lowest BCUT2D eigenvalue weighted by Gasteiger charge is -2.35. The molecule has 13 heteroatoms. The Bertz CT molecular complexity index is 1550. The molecule has 3 heterocycles. The third-order valence-electron chi connectivity index (χ3n) is 8.96. The van der Waals surface area contributed by atoms with Crippen molar-refractivity contribution in [3.05, 3.63) is 72.4 Å². The van der Waals surface area contributed by atoms with Crippen LogP contribution in [0, 0.1) is 11.8 Å². The molecule has 2 aliphatic rings. The molecular weight excluding hydrogens is 606 g/mol. The lowest BCUT2D eigenvalue weighted by atomic mass is 9.81. The van der Waals surface area contributed by atoms with Crippen LogP contribution in [-0.2, 0) is 20.7 Å². The third-order valence-corrected chi connectivity index (χ3v) is 8.96. The quantitative estimate of drug-likeness (QED) is 0.234. The Morgan fingerprint density at radius 2 is 1.61 bits per heavy atom. The molecule has 1 aliphatic heterocycles. The highest BCUT2D eigenvalue weighted by atomic mass is 35.5. The second-order valence-corrected chi connectivity index (χ2v) is 11.8. The van der Waals surface area contributed by atoms with E-state index >= 15 is 0 Å².